The minimum absolute atomic E-state index is 0.0233. The third kappa shape index (κ3) is 6.10. The highest BCUT2D eigenvalue weighted by molar-refractivity contribution is 8.15. The topological polar surface area (TPSA) is 61.8 Å². The summed E-state index contributed by atoms with van der Waals surface area (Å²) in [4.78, 5) is 32.2. The second-order valence-corrected chi connectivity index (χ2v) is 9.20. The van der Waals surface area contributed by atoms with Gasteiger partial charge in [0.25, 0.3) is 0 Å². The van der Waals surface area contributed by atoms with E-state index in [9.17, 15) is 22.8 Å². The Labute approximate surface area is 205 Å². The Morgan fingerprint density at radius 1 is 1.03 bits per heavy atom. The minimum Gasteiger partial charge on any atom is -0.326 e. The average molecular weight is 498 g/mol. The molecule has 0 radical (unpaired) electrons. The van der Waals surface area contributed by atoms with E-state index in [-0.39, 0.29) is 18.0 Å². The lowest BCUT2D eigenvalue weighted by Crippen LogP contribution is -2.33. The molecular weight excluding hydrogens is 475 g/mol. The number of nitrogens with one attached hydrogen (secondary N) is 1. The van der Waals surface area contributed by atoms with Crippen molar-refractivity contribution in [3.63, 3.8) is 0 Å². The van der Waals surface area contributed by atoms with Crippen LogP contribution in [0.3, 0.4) is 0 Å². The summed E-state index contributed by atoms with van der Waals surface area (Å²) in [6, 6.07) is 21.4. The number of halogens is 3. The molecule has 9 heteroatoms. The first kappa shape index (κ1) is 24.5. The maximum atomic E-state index is 13.3. The van der Waals surface area contributed by atoms with E-state index in [4.69, 9.17) is 4.99 Å². The van der Waals surface area contributed by atoms with Crippen LogP contribution in [-0.2, 0) is 22.3 Å². The quantitative estimate of drug-likeness (QED) is 0.443. The number of thioether (sulfide) groups is 1. The molecule has 1 saturated heterocycles. The molecule has 180 valence electrons. The van der Waals surface area contributed by atoms with Crippen LogP contribution in [0.5, 0.6) is 0 Å². The number of nitrogens with zero attached hydrogens (tertiary/aromatic N) is 2. The van der Waals surface area contributed by atoms with E-state index in [1.165, 1.54) is 23.9 Å². The summed E-state index contributed by atoms with van der Waals surface area (Å²) in [5, 5.41) is 2.21. The highest BCUT2D eigenvalue weighted by Gasteiger charge is 2.39. The Morgan fingerprint density at radius 2 is 1.74 bits per heavy atom. The molecule has 0 saturated carbocycles. The summed E-state index contributed by atoms with van der Waals surface area (Å²) >= 11 is 1.18. The normalized spacial score (nSPS) is 17.1. The lowest BCUT2D eigenvalue weighted by atomic mass is 10.1. The van der Waals surface area contributed by atoms with Crippen molar-refractivity contribution in [3.8, 4) is 0 Å². The van der Waals surface area contributed by atoms with Crippen LogP contribution in [0.4, 0.5) is 24.5 Å². The predicted octanol–water partition coefficient (Wildman–Crippen LogP) is 6.17. The van der Waals surface area contributed by atoms with E-state index in [1.807, 2.05) is 61.5 Å². The van der Waals surface area contributed by atoms with E-state index in [0.29, 0.717) is 11.7 Å². The van der Waals surface area contributed by atoms with Crippen molar-refractivity contribution in [2.24, 2.45) is 4.99 Å². The molecule has 35 heavy (non-hydrogen) atoms. The van der Waals surface area contributed by atoms with Crippen LogP contribution in [0.15, 0.2) is 83.9 Å². The zero-order valence-corrected chi connectivity index (χ0v) is 19.6. The highest BCUT2D eigenvalue weighted by Crippen LogP contribution is 2.34. The number of aliphatic imine (C=N–C) groups is 1. The molecule has 2 amide bonds. The number of anilines is 1. The van der Waals surface area contributed by atoms with Gasteiger partial charge in [0, 0.05) is 12.1 Å². The van der Waals surface area contributed by atoms with E-state index < -0.39 is 22.9 Å². The van der Waals surface area contributed by atoms with Gasteiger partial charge in [0.2, 0.25) is 11.8 Å². The molecule has 3 aromatic rings. The first-order valence-electron chi connectivity index (χ1n) is 10.8. The average Bonchev–Trinajstić information content (AvgIpc) is 3.09. The molecule has 1 fully saturated rings. The number of benzene rings is 3. The molecule has 3 aromatic carbocycles. The van der Waals surface area contributed by atoms with Crippen molar-refractivity contribution in [1.82, 2.24) is 4.90 Å². The third-order valence-electron chi connectivity index (χ3n) is 5.38. The summed E-state index contributed by atoms with van der Waals surface area (Å²) in [6.45, 7) is 2.21. The fourth-order valence-corrected chi connectivity index (χ4v) is 4.73. The van der Waals surface area contributed by atoms with Crippen molar-refractivity contribution < 1.29 is 22.8 Å². The maximum absolute atomic E-state index is 13.3. The molecule has 1 aliphatic heterocycles. The lowest BCUT2D eigenvalue weighted by Gasteiger charge is -2.17. The van der Waals surface area contributed by atoms with E-state index >= 15 is 0 Å². The molecule has 0 bridgehead atoms. The van der Waals surface area contributed by atoms with E-state index in [1.54, 1.807) is 4.90 Å². The van der Waals surface area contributed by atoms with Gasteiger partial charge in [0.1, 0.15) is 5.25 Å². The number of aryl methyl sites for hydroxylation is 1. The summed E-state index contributed by atoms with van der Waals surface area (Å²) in [5.41, 5.74) is 1.74. The van der Waals surface area contributed by atoms with Crippen molar-refractivity contribution in [2.45, 2.75) is 31.3 Å². The number of alkyl halides is 3. The Morgan fingerprint density at radius 3 is 2.46 bits per heavy atom. The van der Waals surface area contributed by atoms with Gasteiger partial charge in [-0.3, -0.25) is 14.5 Å². The first-order valence-corrected chi connectivity index (χ1v) is 11.7. The molecule has 1 N–H and O–H groups in total. The Hall–Kier alpha value is -3.59. The van der Waals surface area contributed by atoms with Gasteiger partial charge in [-0.2, -0.15) is 13.2 Å². The number of amides is 2. The predicted molar refractivity (Wildman–Crippen MR) is 131 cm³/mol. The Bertz CT molecular complexity index is 1260. The lowest BCUT2D eigenvalue weighted by molar-refractivity contribution is -0.137. The Balaban J connectivity index is 1.54. The zero-order valence-electron chi connectivity index (χ0n) is 18.8. The number of carbonyl (C=O) groups is 2. The molecule has 1 aliphatic rings. The fourth-order valence-electron chi connectivity index (χ4n) is 3.58. The summed E-state index contributed by atoms with van der Waals surface area (Å²) in [5.74, 6) is -0.822. The van der Waals surface area contributed by atoms with Crippen LogP contribution in [0.1, 0.15) is 23.1 Å². The number of hydrogen-bond acceptors (Lipinski definition) is 4. The number of amidine groups is 1. The monoisotopic (exact) mass is 497 g/mol. The van der Waals surface area contributed by atoms with Crippen molar-refractivity contribution in [2.75, 3.05) is 5.32 Å². The van der Waals surface area contributed by atoms with Crippen LogP contribution in [0.2, 0.25) is 0 Å². The van der Waals surface area contributed by atoms with Gasteiger partial charge in [-0.25, -0.2) is 4.99 Å². The summed E-state index contributed by atoms with van der Waals surface area (Å²) in [6.07, 6.45) is -4.71. The van der Waals surface area contributed by atoms with Crippen molar-refractivity contribution in [3.05, 3.63) is 95.6 Å². The molecule has 0 aliphatic carbocycles. The van der Waals surface area contributed by atoms with Crippen LogP contribution < -0.4 is 5.32 Å². The molecule has 4 rings (SSSR count). The standard InChI is InChI=1S/C26H22F3N3O2S/c1-17-8-5-6-13-21(17)31-25-32(16-18-9-3-2-4-10-18)24(34)22(35-25)15-23(33)30-20-12-7-11-19(14-20)26(27,28)29/h2-14,22H,15-16H2,1H3,(H,30,33). The SMILES string of the molecule is Cc1ccccc1N=C1SC(CC(=O)Nc2cccc(C(F)(F)F)c2)C(=O)N1Cc1ccccc1. The van der Waals surface area contributed by atoms with Gasteiger partial charge in [0.15, 0.2) is 5.17 Å². The van der Waals surface area contributed by atoms with Gasteiger partial charge in [0.05, 0.1) is 17.8 Å². The first-order chi connectivity index (χ1) is 16.7. The molecule has 5 nitrogen and oxygen atoms in total. The number of hydrogen-bond donors (Lipinski definition) is 1. The van der Waals surface area contributed by atoms with Crippen molar-refractivity contribution in [1.29, 1.82) is 0 Å². The minimum atomic E-state index is -4.52. The summed E-state index contributed by atoms with van der Waals surface area (Å²) < 4.78 is 38.9. The van der Waals surface area contributed by atoms with Gasteiger partial charge in [-0.1, -0.05) is 66.4 Å². The second kappa shape index (κ2) is 10.4. The Kier molecular flexibility index (Phi) is 7.25. The largest absolute Gasteiger partial charge is 0.416 e. The van der Waals surface area contributed by atoms with Gasteiger partial charge in [-0.05, 0) is 42.3 Å². The fraction of sp³-hybridized carbons (Fsp3) is 0.192. The number of para-hydroxylation sites is 1. The van der Waals surface area contributed by atoms with Gasteiger partial charge < -0.3 is 5.32 Å². The number of carbonyl (C=O) groups excluding carboxylic acids is 2. The second-order valence-electron chi connectivity index (χ2n) is 8.03. The third-order valence-corrected chi connectivity index (χ3v) is 6.55. The maximum Gasteiger partial charge on any atom is 0.416 e. The van der Waals surface area contributed by atoms with Crippen LogP contribution in [-0.4, -0.2) is 27.1 Å². The van der Waals surface area contributed by atoms with Crippen LogP contribution in [0, 0.1) is 6.92 Å². The van der Waals surface area contributed by atoms with Crippen LogP contribution >= 0.6 is 11.8 Å². The molecule has 1 atom stereocenters. The van der Waals surface area contributed by atoms with E-state index in [2.05, 4.69) is 5.32 Å². The van der Waals surface area contributed by atoms with Gasteiger partial charge in [-0.15, -0.1) is 0 Å². The molecule has 1 heterocycles. The van der Waals surface area contributed by atoms with Crippen molar-refractivity contribution >= 4 is 40.1 Å². The molecule has 0 spiro atoms. The molecular formula is C26H22F3N3O2S. The highest BCUT2D eigenvalue weighted by atomic mass is 32.2. The zero-order chi connectivity index (χ0) is 25.0. The summed E-state index contributed by atoms with van der Waals surface area (Å²) in [7, 11) is 0. The molecule has 1 unspecified atom stereocenters. The smallest absolute Gasteiger partial charge is 0.326 e. The number of rotatable bonds is 6. The molecule has 0 aromatic heterocycles. The van der Waals surface area contributed by atoms with E-state index in [0.717, 1.165) is 28.9 Å². The van der Waals surface area contributed by atoms with Gasteiger partial charge >= 0.3 is 6.18 Å². The van der Waals surface area contributed by atoms with Crippen LogP contribution in [0.25, 0.3) is 0 Å².